The Labute approximate surface area is 193 Å². The second-order valence-corrected chi connectivity index (χ2v) is 7.12. The number of fused-ring (bicyclic) bond motifs is 1. The Balaban J connectivity index is 0.00000256. The van der Waals surface area contributed by atoms with Crippen LogP contribution in [-0.2, 0) is 11.3 Å². The molecule has 1 unspecified atom stereocenters. The van der Waals surface area contributed by atoms with Gasteiger partial charge in [0.05, 0.1) is 6.54 Å². The van der Waals surface area contributed by atoms with Crippen molar-refractivity contribution < 1.29 is 14.3 Å². The topological polar surface area (TPSA) is 75.2 Å². The van der Waals surface area contributed by atoms with Crippen molar-refractivity contribution in [1.29, 1.82) is 0 Å². The van der Waals surface area contributed by atoms with Crippen molar-refractivity contribution >= 4 is 41.5 Å². The molecule has 2 aliphatic heterocycles. The van der Waals surface area contributed by atoms with E-state index >= 15 is 0 Å². The van der Waals surface area contributed by atoms with E-state index in [1.807, 2.05) is 53.4 Å². The van der Waals surface area contributed by atoms with Crippen LogP contribution >= 0.6 is 24.0 Å². The van der Waals surface area contributed by atoms with Gasteiger partial charge in [-0.3, -0.25) is 9.79 Å². The molecule has 2 aromatic carbocycles. The van der Waals surface area contributed by atoms with Gasteiger partial charge in [0.15, 0.2) is 17.5 Å². The SMILES string of the molecule is CN=C(NCc1ccc(N2CCCC2=O)cc1)NCC1COc2ccccc2O1.I. The monoisotopic (exact) mass is 522 g/mol. The predicted molar refractivity (Wildman–Crippen MR) is 128 cm³/mol. The van der Waals surface area contributed by atoms with Crippen LogP contribution in [0.2, 0.25) is 0 Å². The van der Waals surface area contributed by atoms with E-state index in [4.69, 9.17) is 9.47 Å². The number of nitrogens with zero attached hydrogens (tertiary/aromatic N) is 2. The normalized spacial score (nSPS) is 18.0. The lowest BCUT2D eigenvalue weighted by atomic mass is 10.2. The van der Waals surface area contributed by atoms with E-state index in [1.54, 1.807) is 7.05 Å². The molecule has 8 heteroatoms. The van der Waals surface area contributed by atoms with E-state index in [0.717, 1.165) is 35.7 Å². The van der Waals surface area contributed by atoms with Crippen molar-refractivity contribution in [3.8, 4) is 11.5 Å². The van der Waals surface area contributed by atoms with Crippen LogP contribution in [0.1, 0.15) is 18.4 Å². The van der Waals surface area contributed by atoms with Gasteiger partial charge in [0, 0.05) is 32.2 Å². The summed E-state index contributed by atoms with van der Waals surface area (Å²) in [5.74, 6) is 2.46. The van der Waals surface area contributed by atoms with E-state index < -0.39 is 0 Å². The molecule has 7 nitrogen and oxygen atoms in total. The summed E-state index contributed by atoms with van der Waals surface area (Å²) in [5, 5.41) is 6.59. The summed E-state index contributed by atoms with van der Waals surface area (Å²) in [6, 6.07) is 15.8. The fourth-order valence-corrected chi connectivity index (χ4v) is 3.50. The average Bonchev–Trinajstić information content (AvgIpc) is 3.20. The third kappa shape index (κ3) is 5.35. The fraction of sp³-hybridized carbons (Fsp3) is 0.364. The van der Waals surface area contributed by atoms with Crippen LogP contribution in [0.25, 0.3) is 0 Å². The number of para-hydroxylation sites is 2. The molecule has 1 atom stereocenters. The molecule has 2 N–H and O–H groups in total. The molecule has 160 valence electrons. The quantitative estimate of drug-likeness (QED) is 0.359. The number of amides is 1. The summed E-state index contributed by atoms with van der Waals surface area (Å²) in [6.07, 6.45) is 1.50. The molecule has 0 bridgehead atoms. The predicted octanol–water partition coefficient (Wildman–Crippen LogP) is 2.94. The molecule has 0 radical (unpaired) electrons. The lowest BCUT2D eigenvalue weighted by Gasteiger charge is -2.27. The molecule has 30 heavy (non-hydrogen) atoms. The highest BCUT2D eigenvalue weighted by molar-refractivity contribution is 14.0. The van der Waals surface area contributed by atoms with Crippen LogP contribution in [-0.4, -0.2) is 44.7 Å². The van der Waals surface area contributed by atoms with Gasteiger partial charge in [0.25, 0.3) is 0 Å². The maximum atomic E-state index is 11.9. The first-order valence-electron chi connectivity index (χ1n) is 9.95. The fourth-order valence-electron chi connectivity index (χ4n) is 3.50. The van der Waals surface area contributed by atoms with Crippen LogP contribution in [0.3, 0.4) is 0 Å². The molecule has 4 rings (SSSR count). The van der Waals surface area contributed by atoms with Gasteiger partial charge in [-0.15, -0.1) is 24.0 Å². The van der Waals surface area contributed by atoms with Gasteiger partial charge >= 0.3 is 0 Å². The highest BCUT2D eigenvalue weighted by Gasteiger charge is 2.22. The Hall–Kier alpha value is -2.49. The first-order chi connectivity index (χ1) is 14.2. The minimum Gasteiger partial charge on any atom is -0.486 e. The summed E-state index contributed by atoms with van der Waals surface area (Å²) in [6.45, 7) is 2.53. The van der Waals surface area contributed by atoms with Gasteiger partial charge in [0.2, 0.25) is 5.91 Å². The van der Waals surface area contributed by atoms with E-state index in [2.05, 4.69) is 15.6 Å². The highest BCUT2D eigenvalue weighted by atomic mass is 127. The zero-order chi connectivity index (χ0) is 20.1. The second-order valence-electron chi connectivity index (χ2n) is 7.12. The summed E-state index contributed by atoms with van der Waals surface area (Å²) < 4.78 is 11.7. The number of benzene rings is 2. The number of hydrogen-bond donors (Lipinski definition) is 2. The highest BCUT2D eigenvalue weighted by Crippen LogP contribution is 2.30. The van der Waals surface area contributed by atoms with Crippen LogP contribution in [0, 0.1) is 0 Å². The molecule has 1 saturated heterocycles. The zero-order valence-corrected chi connectivity index (χ0v) is 19.3. The van der Waals surface area contributed by atoms with Crippen molar-refractivity contribution in [2.45, 2.75) is 25.5 Å². The summed E-state index contributed by atoms with van der Waals surface area (Å²) >= 11 is 0. The Bertz CT molecular complexity index is 888. The van der Waals surface area contributed by atoms with E-state index in [0.29, 0.717) is 32.1 Å². The number of hydrogen-bond acceptors (Lipinski definition) is 4. The van der Waals surface area contributed by atoms with E-state index in [9.17, 15) is 4.79 Å². The van der Waals surface area contributed by atoms with Gasteiger partial charge in [-0.05, 0) is 36.2 Å². The van der Waals surface area contributed by atoms with Gasteiger partial charge < -0.3 is 25.0 Å². The first kappa shape index (κ1) is 22.2. The number of guanidine groups is 1. The number of nitrogens with one attached hydrogen (secondary N) is 2. The molecule has 0 aromatic heterocycles. The van der Waals surface area contributed by atoms with Crippen molar-refractivity contribution in [2.75, 3.05) is 31.6 Å². The molecule has 2 aromatic rings. The molecule has 0 spiro atoms. The van der Waals surface area contributed by atoms with Crippen molar-refractivity contribution in [2.24, 2.45) is 4.99 Å². The molecule has 0 aliphatic carbocycles. The third-order valence-electron chi connectivity index (χ3n) is 5.07. The Morgan fingerprint density at radius 1 is 1.13 bits per heavy atom. The number of halogens is 1. The number of aliphatic imine (C=N–C) groups is 1. The van der Waals surface area contributed by atoms with Gasteiger partial charge in [-0.2, -0.15) is 0 Å². The second kappa shape index (κ2) is 10.5. The first-order valence-corrected chi connectivity index (χ1v) is 9.95. The number of carbonyl (C=O) groups excluding carboxylic acids is 1. The lowest BCUT2D eigenvalue weighted by molar-refractivity contribution is -0.117. The summed E-state index contributed by atoms with van der Waals surface area (Å²) in [7, 11) is 1.74. The maximum Gasteiger partial charge on any atom is 0.227 e. The molecular formula is C22H27IN4O3. The van der Waals surface area contributed by atoms with Crippen molar-refractivity contribution in [3.05, 3.63) is 54.1 Å². The molecule has 2 heterocycles. The van der Waals surface area contributed by atoms with Crippen LogP contribution in [0.5, 0.6) is 11.5 Å². The van der Waals surface area contributed by atoms with Crippen LogP contribution in [0.15, 0.2) is 53.5 Å². The van der Waals surface area contributed by atoms with Gasteiger partial charge in [-0.1, -0.05) is 24.3 Å². The molecular weight excluding hydrogens is 495 g/mol. The molecule has 2 aliphatic rings. The summed E-state index contributed by atoms with van der Waals surface area (Å²) in [5.41, 5.74) is 2.09. The van der Waals surface area contributed by atoms with Crippen molar-refractivity contribution in [1.82, 2.24) is 10.6 Å². The van der Waals surface area contributed by atoms with Crippen LogP contribution < -0.4 is 25.0 Å². The number of carbonyl (C=O) groups is 1. The standard InChI is InChI=1S/C22H26N4O3.HI/c1-23-22(25-14-18-15-28-19-5-2-3-6-20(19)29-18)24-13-16-8-10-17(11-9-16)26-12-4-7-21(26)27;/h2-3,5-6,8-11,18H,4,7,12-15H2,1H3,(H2,23,24,25);1H. The Morgan fingerprint density at radius 3 is 2.60 bits per heavy atom. The maximum absolute atomic E-state index is 11.9. The van der Waals surface area contributed by atoms with E-state index in [1.165, 1.54) is 0 Å². The van der Waals surface area contributed by atoms with Crippen molar-refractivity contribution in [3.63, 3.8) is 0 Å². The third-order valence-corrected chi connectivity index (χ3v) is 5.07. The van der Waals surface area contributed by atoms with Gasteiger partial charge in [0.1, 0.15) is 12.7 Å². The number of ether oxygens (including phenoxy) is 2. The molecule has 1 fully saturated rings. The van der Waals surface area contributed by atoms with Crippen LogP contribution in [0.4, 0.5) is 5.69 Å². The smallest absolute Gasteiger partial charge is 0.227 e. The van der Waals surface area contributed by atoms with E-state index in [-0.39, 0.29) is 36.0 Å². The minimum atomic E-state index is -0.0827. The zero-order valence-electron chi connectivity index (χ0n) is 17.0. The Morgan fingerprint density at radius 2 is 1.90 bits per heavy atom. The minimum absolute atomic E-state index is 0. The number of rotatable bonds is 5. The largest absolute Gasteiger partial charge is 0.486 e. The lowest BCUT2D eigenvalue weighted by Crippen LogP contribution is -2.45. The molecule has 1 amide bonds. The van der Waals surface area contributed by atoms with Gasteiger partial charge in [-0.25, -0.2) is 0 Å². The average molecular weight is 522 g/mol. The molecule has 0 saturated carbocycles. The number of anilines is 1. The summed E-state index contributed by atoms with van der Waals surface area (Å²) in [4.78, 5) is 18.0. The Kier molecular flexibility index (Phi) is 7.78.